The molecule has 0 aliphatic heterocycles. The Bertz CT molecular complexity index is 1060. The zero-order valence-corrected chi connectivity index (χ0v) is 16.2. The van der Waals surface area contributed by atoms with E-state index in [-0.39, 0.29) is 16.1 Å². The summed E-state index contributed by atoms with van der Waals surface area (Å²) in [6.45, 7) is 0. The predicted molar refractivity (Wildman–Crippen MR) is 102 cm³/mol. The number of hydrogen-bond acceptors (Lipinski definition) is 4. The maximum Gasteiger partial charge on any atom is 0.471 e. The smallest absolute Gasteiger partial charge is 0.318 e. The summed E-state index contributed by atoms with van der Waals surface area (Å²) in [6, 6.07) is 11.0. The molecule has 10 heteroatoms. The lowest BCUT2D eigenvalue weighted by Crippen LogP contribution is -2.29. The van der Waals surface area contributed by atoms with Crippen LogP contribution in [0.15, 0.2) is 59.5 Å². The van der Waals surface area contributed by atoms with Crippen molar-refractivity contribution in [1.82, 2.24) is 4.31 Å². The number of alkyl halides is 3. The molecule has 0 bridgehead atoms. The number of sulfonamides is 1. The average Bonchev–Trinajstić information content (AvgIpc) is 2.65. The third-order valence-electron chi connectivity index (χ3n) is 3.73. The number of nitrogens with one attached hydrogen (secondary N) is 1. The van der Waals surface area contributed by atoms with Crippen LogP contribution in [0.4, 0.5) is 18.9 Å². The fourth-order valence-corrected chi connectivity index (χ4v) is 3.16. The van der Waals surface area contributed by atoms with E-state index in [0.717, 1.165) is 10.4 Å². The highest BCUT2D eigenvalue weighted by Gasteiger charge is 2.38. The minimum absolute atomic E-state index is 0.0430. The largest absolute Gasteiger partial charge is 0.471 e. The van der Waals surface area contributed by atoms with Gasteiger partial charge >= 0.3 is 12.1 Å². The summed E-state index contributed by atoms with van der Waals surface area (Å²) in [5.41, 5.74) is 0.419. The highest BCUT2D eigenvalue weighted by atomic mass is 32.2. The standard InChI is InChI=1S/C19H17F3N2O4S/c1-24(2)29(27,28)16-8-4-6-14(12-16)17(25)10-9-13-5-3-7-15(11-13)23-18(26)19(20,21)22/h3-12H,1-2H3,(H,23,26)/b10-9+. The Hall–Kier alpha value is -2.98. The van der Waals surface area contributed by atoms with Crippen LogP contribution in [0.1, 0.15) is 15.9 Å². The van der Waals surface area contributed by atoms with E-state index >= 15 is 0 Å². The maximum atomic E-state index is 12.3. The first kappa shape index (κ1) is 22.3. The van der Waals surface area contributed by atoms with Gasteiger partial charge in [0.15, 0.2) is 5.78 Å². The molecule has 0 unspecified atom stereocenters. The zero-order chi connectivity index (χ0) is 21.8. The monoisotopic (exact) mass is 426 g/mol. The van der Waals surface area contributed by atoms with Crippen molar-refractivity contribution < 1.29 is 31.2 Å². The molecule has 2 aromatic rings. The van der Waals surface area contributed by atoms with Gasteiger partial charge in [-0.1, -0.05) is 30.3 Å². The lowest BCUT2D eigenvalue weighted by Gasteiger charge is -2.11. The fraction of sp³-hybridized carbons (Fsp3) is 0.158. The Morgan fingerprint density at radius 3 is 2.31 bits per heavy atom. The van der Waals surface area contributed by atoms with Gasteiger partial charge < -0.3 is 5.32 Å². The Labute approximate surface area is 165 Å². The van der Waals surface area contributed by atoms with E-state index in [1.807, 2.05) is 0 Å². The van der Waals surface area contributed by atoms with Gasteiger partial charge in [0.25, 0.3) is 0 Å². The molecule has 0 saturated heterocycles. The van der Waals surface area contributed by atoms with Gasteiger partial charge in [-0.15, -0.1) is 0 Å². The molecule has 0 aromatic heterocycles. The molecule has 1 amide bonds. The molecule has 0 fully saturated rings. The number of anilines is 1. The first-order valence-corrected chi connectivity index (χ1v) is 9.58. The highest BCUT2D eigenvalue weighted by Crippen LogP contribution is 2.20. The van der Waals surface area contributed by atoms with Crippen molar-refractivity contribution in [2.24, 2.45) is 0 Å². The molecule has 1 N–H and O–H groups in total. The lowest BCUT2D eigenvalue weighted by atomic mass is 10.1. The van der Waals surface area contributed by atoms with Gasteiger partial charge in [0.1, 0.15) is 0 Å². The number of amides is 1. The molecule has 6 nitrogen and oxygen atoms in total. The van der Waals surface area contributed by atoms with E-state index in [9.17, 15) is 31.2 Å². The number of rotatable bonds is 6. The third kappa shape index (κ3) is 5.75. The van der Waals surface area contributed by atoms with Crippen LogP contribution >= 0.6 is 0 Å². The summed E-state index contributed by atoms with van der Waals surface area (Å²) in [5, 5.41) is 1.72. The zero-order valence-electron chi connectivity index (χ0n) is 15.4. The van der Waals surface area contributed by atoms with Crippen LogP contribution in [0.5, 0.6) is 0 Å². The molecule has 0 saturated carbocycles. The molecule has 2 aromatic carbocycles. The number of allylic oxidation sites excluding steroid dienone is 1. The summed E-state index contributed by atoms with van der Waals surface area (Å²) in [4.78, 5) is 23.3. The molecule has 0 heterocycles. The fourth-order valence-electron chi connectivity index (χ4n) is 2.21. The van der Waals surface area contributed by atoms with Crippen molar-refractivity contribution in [3.05, 3.63) is 65.7 Å². The van der Waals surface area contributed by atoms with Crippen LogP contribution in [0.3, 0.4) is 0 Å². The van der Waals surface area contributed by atoms with E-state index in [4.69, 9.17) is 0 Å². The first-order chi connectivity index (χ1) is 13.4. The first-order valence-electron chi connectivity index (χ1n) is 8.14. The molecule has 2 rings (SSSR count). The Kier molecular flexibility index (Phi) is 6.60. The van der Waals surface area contributed by atoms with Gasteiger partial charge in [-0.2, -0.15) is 13.2 Å². The molecular weight excluding hydrogens is 409 g/mol. The number of carbonyl (C=O) groups is 2. The maximum absolute atomic E-state index is 12.3. The quantitative estimate of drug-likeness (QED) is 0.567. The summed E-state index contributed by atoms with van der Waals surface area (Å²) in [7, 11) is -0.966. The van der Waals surface area contributed by atoms with E-state index < -0.39 is 27.9 Å². The van der Waals surface area contributed by atoms with Crippen LogP contribution in [0.2, 0.25) is 0 Å². The Balaban J connectivity index is 2.20. The molecule has 0 aliphatic carbocycles. The second-order valence-electron chi connectivity index (χ2n) is 6.09. The highest BCUT2D eigenvalue weighted by molar-refractivity contribution is 7.89. The Morgan fingerprint density at radius 2 is 1.69 bits per heavy atom. The van der Waals surface area contributed by atoms with Crippen molar-refractivity contribution in [3.8, 4) is 0 Å². The number of ketones is 1. The molecular formula is C19H17F3N2O4S. The van der Waals surface area contributed by atoms with Gasteiger partial charge in [-0.3, -0.25) is 9.59 Å². The van der Waals surface area contributed by atoms with Crippen LogP contribution in [0, 0.1) is 0 Å². The van der Waals surface area contributed by atoms with E-state index in [1.54, 1.807) is 5.32 Å². The van der Waals surface area contributed by atoms with Crippen LogP contribution < -0.4 is 5.32 Å². The summed E-state index contributed by atoms with van der Waals surface area (Å²) >= 11 is 0. The predicted octanol–water partition coefficient (Wildman–Crippen LogP) is 3.33. The minimum atomic E-state index is -5.01. The normalized spacial score (nSPS) is 12.3. The Morgan fingerprint density at radius 1 is 1.03 bits per heavy atom. The van der Waals surface area contributed by atoms with Crippen LogP contribution in [-0.4, -0.2) is 44.7 Å². The van der Waals surface area contributed by atoms with Gasteiger partial charge in [-0.25, -0.2) is 12.7 Å². The number of hydrogen-bond donors (Lipinski definition) is 1. The summed E-state index contributed by atoms with van der Waals surface area (Å²) < 4.78 is 62.3. The second kappa shape index (κ2) is 8.58. The lowest BCUT2D eigenvalue weighted by molar-refractivity contribution is -0.167. The number of carbonyl (C=O) groups excluding carboxylic acids is 2. The van der Waals surface area contributed by atoms with Crippen molar-refractivity contribution in [3.63, 3.8) is 0 Å². The van der Waals surface area contributed by atoms with Crippen LogP contribution in [-0.2, 0) is 14.8 Å². The van der Waals surface area contributed by atoms with Gasteiger partial charge in [0, 0.05) is 25.3 Å². The molecule has 0 spiro atoms. The third-order valence-corrected chi connectivity index (χ3v) is 5.54. The van der Waals surface area contributed by atoms with Gasteiger partial charge in [0.2, 0.25) is 10.0 Å². The molecule has 154 valence electrons. The van der Waals surface area contributed by atoms with E-state index in [2.05, 4.69) is 0 Å². The van der Waals surface area contributed by atoms with Crippen molar-refractivity contribution in [2.45, 2.75) is 11.1 Å². The molecule has 0 radical (unpaired) electrons. The van der Waals surface area contributed by atoms with Crippen LogP contribution in [0.25, 0.3) is 6.08 Å². The molecule has 0 atom stereocenters. The minimum Gasteiger partial charge on any atom is -0.318 e. The van der Waals surface area contributed by atoms with E-state index in [0.29, 0.717) is 5.56 Å². The second-order valence-corrected chi connectivity index (χ2v) is 8.24. The van der Waals surface area contributed by atoms with Crippen molar-refractivity contribution >= 4 is 33.5 Å². The topological polar surface area (TPSA) is 83.6 Å². The van der Waals surface area contributed by atoms with Crippen molar-refractivity contribution in [1.29, 1.82) is 0 Å². The summed E-state index contributed by atoms with van der Waals surface area (Å²) in [6.07, 6.45) is -2.51. The SMILES string of the molecule is CN(C)S(=O)(=O)c1cccc(C(=O)/C=C/c2cccc(NC(=O)C(F)(F)F)c2)c1. The summed E-state index contributed by atoms with van der Waals surface area (Å²) in [5.74, 6) is -2.60. The average molecular weight is 426 g/mol. The number of halogens is 3. The number of benzene rings is 2. The van der Waals surface area contributed by atoms with Crippen molar-refractivity contribution in [2.75, 3.05) is 19.4 Å². The van der Waals surface area contributed by atoms with Gasteiger partial charge in [-0.05, 0) is 35.9 Å². The molecule has 0 aliphatic rings. The van der Waals surface area contributed by atoms with E-state index in [1.165, 1.54) is 68.7 Å². The van der Waals surface area contributed by atoms with Gasteiger partial charge in [0.05, 0.1) is 4.90 Å². The molecule has 29 heavy (non-hydrogen) atoms. The number of nitrogens with zero attached hydrogens (tertiary/aromatic N) is 1.